The van der Waals surface area contributed by atoms with Gasteiger partial charge in [-0.05, 0) is 31.2 Å². The van der Waals surface area contributed by atoms with Crippen molar-refractivity contribution in [2.75, 3.05) is 11.9 Å². The lowest BCUT2D eigenvalue weighted by atomic mass is 10.2. The number of amides is 1. The number of rotatable bonds is 6. The normalized spacial score (nSPS) is 11.0. The minimum Gasteiger partial charge on any atom is -0.325 e. The third-order valence-electron chi connectivity index (χ3n) is 3.03. The molecule has 0 aromatic heterocycles. The summed E-state index contributed by atoms with van der Waals surface area (Å²) < 4.78 is 26.5. The molecule has 0 spiro atoms. The predicted molar refractivity (Wildman–Crippen MR) is 86.7 cm³/mol. The Morgan fingerprint density at radius 1 is 1.00 bits per heavy atom. The zero-order valence-corrected chi connectivity index (χ0v) is 13.3. The third kappa shape index (κ3) is 4.73. The highest BCUT2D eigenvalue weighted by Crippen LogP contribution is 2.12. The number of nitrogens with one attached hydrogen (secondary N) is 2. The van der Waals surface area contributed by atoms with Gasteiger partial charge in [0.25, 0.3) is 0 Å². The second kappa shape index (κ2) is 7.17. The molecule has 0 aliphatic rings. The van der Waals surface area contributed by atoms with E-state index < -0.39 is 22.5 Å². The fraction of sp³-hybridized carbons (Fsp3) is 0.125. The number of para-hydroxylation sites is 1. The van der Waals surface area contributed by atoms with Crippen LogP contribution in [0.25, 0.3) is 0 Å². The van der Waals surface area contributed by atoms with E-state index in [4.69, 9.17) is 0 Å². The smallest absolute Gasteiger partial charge is 0.241 e. The first-order valence-electron chi connectivity index (χ1n) is 6.84. The number of carbonyl (C=O) groups excluding carboxylic acids is 2. The van der Waals surface area contributed by atoms with Crippen molar-refractivity contribution in [1.82, 2.24) is 4.72 Å². The number of Topliss-reactive ketones (excluding diaryl/α,β-unsaturated/α-hetero) is 1. The van der Waals surface area contributed by atoms with Crippen molar-refractivity contribution in [1.29, 1.82) is 0 Å². The van der Waals surface area contributed by atoms with E-state index in [0.717, 1.165) is 0 Å². The van der Waals surface area contributed by atoms with E-state index >= 15 is 0 Å². The largest absolute Gasteiger partial charge is 0.325 e. The zero-order valence-electron chi connectivity index (χ0n) is 12.4. The third-order valence-corrected chi connectivity index (χ3v) is 4.43. The molecule has 2 aromatic carbocycles. The Balaban J connectivity index is 2.03. The summed E-state index contributed by atoms with van der Waals surface area (Å²) in [6.07, 6.45) is 0. The van der Waals surface area contributed by atoms with Crippen LogP contribution in [0.15, 0.2) is 59.5 Å². The van der Waals surface area contributed by atoms with Crippen LogP contribution in [-0.2, 0) is 14.8 Å². The molecule has 120 valence electrons. The van der Waals surface area contributed by atoms with Crippen molar-refractivity contribution >= 4 is 27.4 Å². The molecule has 0 aliphatic heterocycles. The maximum absolute atomic E-state index is 12.2. The molecule has 6 nitrogen and oxygen atoms in total. The number of anilines is 1. The molecule has 23 heavy (non-hydrogen) atoms. The van der Waals surface area contributed by atoms with Gasteiger partial charge in [-0.2, -0.15) is 0 Å². The summed E-state index contributed by atoms with van der Waals surface area (Å²) in [4.78, 5) is 23.0. The van der Waals surface area contributed by atoms with E-state index in [1.54, 1.807) is 30.3 Å². The first-order valence-corrected chi connectivity index (χ1v) is 8.32. The van der Waals surface area contributed by atoms with Crippen LogP contribution in [0.5, 0.6) is 0 Å². The van der Waals surface area contributed by atoms with Gasteiger partial charge >= 0.3 is 0 Å². The highest BCUT2D eigenvalue weighted by Gasteiger charge is 2.16. The Hall–Kier alpha value is -2.51. The summed E-state index contributed by atoms with van der Waals surface area (Å²) in [6.45, 7) is 0.952. The Morgan fingerprint density at radius 2 is 1.70 bits per heavy atom. The van der Waals surface area contributed by atoms with Gasteiger partial charge in [0.2, 0.25) is 15.9 Å². The summed E-state index contributed by atoms with van der Waals surface area (Å²) in [5.74, 6) is -0.716. The monoisotopic (exact) mass is 332 g/mol. The van der Waals surface area contributed by atoms with Gasteiger partial charge in [-0.1, -0.05) is 30.3 Å². The molecule has 0 saturated heterocycles. The molecule has 1 amide bonds. The molecule has 0 unspecified atom stereocenters. The topological polar surface area (TPSA) is 92.3 Å². The summed E-state index contributed by atoms with van der Waals surface area (Å²) >= 11 is 0. The van der Waals surface area contributed by atoms with Gasteiger partial charge in [0.1, 0.15) is 0 Å². The van der Waals surface area contributed by atoms with Crippen molar-refractivity contribution in [3.63, 3.8) is 0 Å². The van der Waals surface area contributed by atoms with Crippen LogP contribution in [0.3, 0.4) is 0 Å². The molecular formula is C16H16N2O4S. The minimum absolute atomic E-state index is 0.0577. The molecule has 0 heterocycles. The fourth-order valence-electron chi connectivity index (χ4n) is 1.85. The van der Waals surface area contributed by atoms with E-state index in [1.807, 2.05) is 0 Å². The van der Waals surface area contributed by atoms with E-state index in [2.05, 4.69) is 10.0 Å². The Morgan fingerprint density at radius 3 is 2.35 bits per heavy atom. The molecular weight excluding hydrogens is 316 g/mol. The number of carbonyl (C=O) groups is 2. The maximum atomic E-state index is 12.2. The predicted octanol–water partition coefficient (Wildman–Crippen LogP) is 1.81. The second-order valence-electron chi connectivity index (χ2n) is 4.82. The lowest BCUT2D eigenvalue weighted by molar-refractivity contribution is -0.115. The van der Waals surface area contributed by atoms with Crippen molar-refractivity contribution in [3.05, 3.63) is 60.2 Å². The molecule has 7 heteroatoms. The Kier molecular flexibility index (Phi) is 5.25. The average Bonchev–Trinajstić information content (AvgIpc) is 2.54. The van der Waals surface area contributed by atoms with Crippen molar-refractivity contribution < 1.29 is 18.0 Å². The fourth-order valence-corrected chi connectivity index (χ4v) is 2.88. The van der Waals surface area contributed by atoms with E-state index in [0.29, 0.717) is 11.3 Å². The van der Waals surface area contributed by atoms with Crippen LogP contribution in [0.2, 0.25) is 0 Å². The van der Waals surface area contributed by atoms with Crippen LogP contribution in [-0.4, -0.2) is 26.7 Å². The molecule has 0 aliphatic carbocycles. The Bertz CT molecular complexity index is 817. The minimum atomic E-state index is -3.87. The van der Waals surface area contributed by atoms with Crippen LogP contribution < -0.4 is 10.0 Å². The maximum Gasteiger partial charge on any atom is 0.241 e. The second-order valence-corrected chi connectivity index (χ2v) is 6.59. The van der Waals surface area contributed by atoms with Gasteiger partial charge in [0.05, 0.1) is 11.4 Å². The van der Waals surface area contributed by atoms with E-state index in [1.165, 1.54) is 31.2 Å². The van der Waals surface area contributed by atoms with E-state index in [-0.39, 0.29) is 10.7 Å². The number of ketones is 1. The Labute approximate surface area is 134 Å². The molecule has 2 N–H and O–H groups in total. The number of hydrogen-bond acceptors (Lipinski definition) is 4. The molecule has 0 atom stereocenters. The molecule has 2 rings (SSSR count). The first kappa shape index (κ1) is 16.9. The highest BCUT2D eigenvalue weighted by molar-refractivity contribution is 7.89. The van der Waals surface area contributed by atoms with Gasteiger partial charge in [-0.25, -0.2) is 13.1 Å². The molecule has 2 aromatic rings. The number of benzene rings is 2. The van der Waals surface area contributed by atoms with Crippen LogP contribution in [0.1, 0.15) is 17.3 Å². The summed E-state index contributed by atoms with van der Waals surface area (Å²) in [5.41, 5.74) is 0.872. The lowest BCUT2D eigenvalue weighted by Crippen LogP contribution is -2.33. The van der Waals surface area contributed by atoms with E-state index in [9.17, 15) is 18.0 Å². The van der Waals surface area contributed by atoms with Crippen molar-refractivity contribution in [3.8, 4) is 0 Å². The van der Waals surface area contributed by atoms with Crippen molar-refractivity contribution in [2.45, 2.75) is 11.8 Å². The number of sulfonamides is 1. The molecule has 0 saturated carbocycles. The average molecular weight is 332 g/mol. The standard InChI is InChI=1S/C16H16N2O4S/c1-12(19)13-6-5-9-15(10-13)23(21,22)17-11-16(20)18-14-7-3-2-4-8-14/h2-10,17H,11H2,1H3,(H,18,20). The highest BCUT2D eigenvalue weighted by atomic mass is 32.2. The van der Waals surface area contributed by atoms with Gasteiger partial charge in [-0.15, -0.1) is 0 Å². The lowest BCUT2D eigenvalue weighted by Gasteiger charge is -2.08. The SMILES string of the molecule is CC(=O)c1cccc(S(=O)(=O)NCC(=O)Nc2ccccc2)c1. The number of hydrogen-bond donors (Lipinski definition) is 2. The van der Waals surface area contributed by atoms with Crippen molar-refractivity contribution in [2.24, 2.45) is 0 Å². The van der Waals surface area contributed by atoms with Gasteiger partial charge in [0.15, 0.2) is 5.78 Å². The quantitative estimate of drug-likeness (QED) is 0.789. The summed E-state index contributed by atoms with van der Waals surface area (Å²) in [6, 6.07) is 14.4. The van der Waals surface area contributed by atoms with Gasteiger partial charge < -0.3 is 5.32 Å². The van der Waals surface area contributed by atoms with Crippen LogP contribution in [0, 0.1) is 0 Å². The molecule has 0 fully saturated rings. The van der Waals surface area contributed by atoms with Gasteiger partial charge in [0, 0.05) is 11.3 Å². The zero-order chi connectivity index (χ0) is 16.9. The van der Waals surface area contributed by atoms with Gasteiger partial charge in [-0.3, -0.25) is 9.59 Å². The summed E-state index contributed by atoms with van der Waals surface area (Å²) in [5, 5.41) is 2.58. The summed E-state index contributed by atoms with van der Waals surface area (Å²) in [7, 11) is -3.87. The first-order chi connectivity index (χ1) is 10.9. The van der Waals surface area contributed by atoms with Crippen LogP contribution in [0.4, 0.5) is 5.69 Å². The molecule has 0 bridgehead atoms. The van der Waals surface area contributed by atoms with Crippen LogP contribution >= 0.6 is 0 Å². The molecule has 0 radical (unpaired) electrons.